The minimum Gasteiger partial charge on any atom is -0.381 e. The maximum absolute atomic E-state index is 11.2. The summed E-state index contributed by atoms with van der Waals surface area (Å²) in [5.41, 5.74) is 0.710. The molecule has 0 bridgehead atoms. The first-order valence-corrected chi connectivity index (χ1v) is 13.2. The van der Waals surface area contributed by atoms with Crippen molar-refractivity contribution in [1.29, 1.82) is 0 Å². The van der Waals surface area contributed by atoms with Crippen LogP contribution in [0.2, 0.25) is 0 Å². The van der Waals surface area contributed by atoms with E-state index in [-0.39, 0.29) is 5.69 Å². The molecule has 4 aromatic rings. The van der Waals surface area contributed by atoms with Crippen molar-refractivity contribution < 1.29 is 17.7 Å². The third-order valence-electron chi connectivity index (χ3n) is 5.46. The Bertz CT molecular complexity index is 1410. The molecular formula is C25H28N6O4S. The molecule has 2 aromatic carbocycles. The molecule has 0 aliphatic rings. The van der Waals surface area contributed by atoms with Gasteiger partial charge < -0.3 is 15.7 Å². The lowest BCUT2D eigenvalue weighted by molar-refractivity contribution is 0.00603. The zero-order valence-electron chi connectivity index (χ0n) is 20.0. The Morgan fingerprint density at radius 2 is 1.61 bits per heavy atom. The molecule has 2 aromatic heterocycles. The van der Waals surface area contributed by atoms with E-state index in [9.17, 15) is 13.5 Å². The lowest BCUT2D eigenvalue weighted by atomic mass is 10.0. The van der Waals surface area contributed by atoms with E-state index in [1.807, 2.05) is 36.4 Å². The molecule has 0 amide bonds. The molecule has 10 nitrogen and oxygen atoms in total. The molecule has 0 aliphatic heterocycles. The molecule has 0 spiro atoms. The van der Waals surface area contributed by atoms with E-state index < -0.39 is 22.3 Å². The van der Waals surface area contributed by atoms with Gasteiger partial charge in [-0.2, -0.15) is 13.5 Å². The molecule has 0 saturated heterocycles. The Hall–Kier alpha value is -3.67. The number of nitrogens with one attached hydrogen (secondary N) is 2. The van der Waals surface area contributed by atoms with Gasteiger partial charge >= 0.3 is 0 Å². The zero-order valence-corrected chi connectivity index (χ0v) is 20.9. The highest BCUT2D eigenvalue weighted by molar-refractivity contribution is 7.85. The largest absolute Gasteiger partial charge is 0.381 e. The zero-order chi connectivity index (χ0) is 25.6. The van der Waals surface area contributed by atoms with E-state index in [2.05, 4.69) is 53.2 Å². The number of hydrogen-bond acceptors (Lipinski definition) is 10. The maximum atomic E-state index is 11.2. The molecule has 1 unspecified atom stereocenters. The highest BCUT2D eigenvalue weighted by Gasteiger charge is 2.27. The standard InChI is InChI=1S/C25H28N6O4S/c1-25(32,17-35-36(2,33)34)22-15-29-23(16-28-22)26-12-13-27-24-20-11-7-6-10-19(20)21(30-31-24)14-18-8-4-3-5-9-18/h3-11,15-16,32H,12-14,17H2,1-2H3,(H,26,29)(H,27,31). The molecule has 3 N–H and O–H groups in total. The maximum Gasteiger partial charge on any atom is 0.264 e. The number of aliphatic hydroxyl groups is 1. The van der Waals surface area contributed by atoms with Gasteiger partial charge in [0.2, 0.25) is 0 Å². The van der Waals surface area contributed by atoms with Crippen molar-refractivity contribution in [3.05, 3.63) is 83.9 Å². The summed E-state index contributed by atoms with van der Waals surface area (Å²) >= 11 is 0. The number of nitrogens with zero attached hydrogens (tertiary/aromatic N) is 4. The Kier molecular flexibility index (Phi) is 7.73. The SMILES string of the molecule is CC(O)(COS(C)(=O)=O)c1cnc(NCCNc2nnc(Cc3ccccc3)c3ccccc23)cn1. The molecule has 1 atom stereocenters. The van der Waals surface area contributed by atoms with Crippen LogP contribution in [-0.4, -0.2) is 59.6 Å². The first kappa shape index (κ1) is 25.4. The number of benzene rings is 2. The molecule has 4 rings (SSSR count). The molecule has 188 valence electrons. The number of anilines is 2. The summed E-state index contributed by atoms with van der Waals surface area (Å²) in [5.74, 6) is 1.21. The average molecular weight is 509 g/mol. The van der Waals surface area contributed by atoms with Gasteiger partial charge in [0.25, 0.3) is 10.1 Å². The fourth-order valence-electron chi connectivity index (χ4n) is 3.57. The summed E-state index contributed by atoms with van der Waals surface area (Å²) in [5, 5.41) is 27.9. The van der Waals surface area contributed by atoms with E-state index in [1.54, 1.807) is 0 Å². The van der Waals surface area contributed by atoms with E-state index in [1.165, 1.54) is 24.9 Å². The predicted octanol–water partition coefficient (Wildman–Crippen LogP) is 2.72. The Labute approximate surface area is 209 Å². The number of hydrogen-bond donors (Lipinski definition) is 3. The van der Waals surface area contributed by atoms with Crippen LogP contribution in [0, 0.1) is 0 Å². The third-order valence-corrected chi connectivity index (χ3v) is 6.01. The van der Waals surface area contributed by atoms with E-state index >= 15 is 0 Å². The molecule has 0 radical (unpaired) electrons. The molecule has 11 heteroatoms. The first-order valence-electron chi connectivity index (χ1n) is 11.4. The van der Waals surface area contributed by atoms with Crippen LogP contribution in [0.5, 0.6) is 0 Å². The summed E-state index contributed by atoms with van der Waals surface area (Å²) in [6.07, 6.45) is 4.48. The van der Waals surface area contributed by atoms with Crippen molar-refractivity contribution in [3.63, 3.8) is 0 Å². The van der Waals surface area contributed by atoms with Crippen molar-refractivity contribution >= 4 is 32.5 Å². The van der Waals surface area contributed by atoms with Gasteiger partial charge in [0.15, 0.2) is 5.82 Å². The van der Waals surface area contributed by atoms with Crippen LogP contribution in [0.4, 0.5) is 11.6 Å². The van der Waals surface area contributed by atoms with E-state index in [0.717, 1.165) is 22.7 Å². The second-order valence-corrected chi connectivity index (χ2v) is 10.2. The highest BCUT2D eigenvalue weighted by Crippen LogP contribution is 2.24. The van der Waals surface area contributed by atoms with Gasteiger partial charge in [0.05, 0.1) is 30.0 Å². The summed E-state index contributed by atoms with van der Waals surface area (Å²) in [4.78, 5) is 8.42. The fraction of sp³-hybridized carbons (Fsp3) is 0.280. The van der Waals surface area contributed by atoms with Crippen LogP contribution < -0.4 is 10.6 Å². The molecular weight excluding hydrogens is 480 g/mol. The van der Waals surface area contributed by atoms with Crippen molar-refractivity contribution in [2.24, 2.45) is 0 Å². The third kappa shape index (κ3) is 6.72. The average Bonchev–Trinajstić information content (AvgIpc) is 2.87. The topological polar surface area (TPSA) is 139 Å². The minimum absolute atomic E-state index is 0.201. The molecule has 0 aliphatic carbocycles. The van der Waals surface area contributed by atoms with Crippen LogP contribution >= 0.6 is 0 Å². The van der Waals surface area contributed by atoms with Crippen molar-refractivity contribution in [2.45, 2.75) is 18.9 Å². The van der Waals surface area contributed by atoms with Gasteiger partial charge in [0.1, 0.15) is 18.0 Å². The smallest absolute Gasteiger partial charge is 0.264 e. The molecule has 0 saturated carbocycles. The lowest BCUT2D eigenvalue weighted by Crippen LogP contribution is -2.30. The Balaban J connectivity index is 1.35. The predicted molar refractivity (Wildman–Crippen MR) is 138 cm³/mol. The van der Waals surface area contributed by atoms with E-state index in [4.69, 9.17) is 0 Å². The number of aromatic nitrogens is 4. The minimum atomic E-state index is -3.68. The molecule has 0 fully saturated rings. The van der Waals surface area contributed by atoms with Crippen LogP contribution in [-0.2, 0) is 26.3 Å². The van der Waals surface area contributed by atoms with Crippen molar-refractivity contribution in [1.82, 2.24) is 20.2 Å². The molecule has 2 heterocycles. The van der Waals surface area contributed by atoms with Crippen LogP contribution in [0.1, 0.15) is 23.9 Å². The van der Waals surface area contributed by atoms with Gasteiger partial charge in [-0.05, 0) is 12.5 Å². The summed E-state index contributed by atoms with van der Waals surface area (Å²) < 4.78 is 27.1. The van der Waals surface area contributed by atoms with Gasteiger partial charge in [-0.25, -0.2) is 4.98 Å². The van der Waals surface area contributed by atoms with Crippen LogP contribution in [0.15, 0.2) is 67.0 Å². The summed E-state index contributed by atoms with van der Waals surface area (Å²) in [6, 6.07) is 18.2. The summed E-state index contributed by atoms with van der Waals surface area (Å²) in [6.45, 7) is 2.05. The summed E-state index contributed by atoms with van der Waals surface area (Å²) in [7, 11) is -3.68. The quantitative estimate of drug-likeness (QED) is 0.205. The Morgan fingerprint density at radius 3 is 2.31 bits per heavy atom. The monoisotopic (exact) mass is 508 g/mol. The number of rotatable bonds is 11. The van der Waals surface area contributed by atoms with Gasteiger partial charge in [0, 0.05) is 30.3 Å². The highest BCUT2D eigenvalue weighted by atomic mass is 32.2. The Morgan fingerprint density at radius 1 is 0.917 bits per heavy atom. The lowest BCUT2D eigenvalue weighted by Gasteiger charge is -2.21. The first-order chi connectivity index (χ1) is 17.2. The van der Waals surface area contributed by atoms with Crippen molar-refractivity contribution in [3.8, 4) is 0 Å². The second-order valence-electron chi connectivity index (χ2n) is 8.58. The molecule has 36 heavy (non-hydrogen) atoms. The van der Waals surface area contributed by atoms with Crippen LogP contribution in [0.3, 0.4) is 0 Å². The normalized spacial score (nSPS) is 13.3. The van der Waals surface area contributed by atoms with Gasteiger partial charge in [-0.1, -0.05) is 54.6 Å². The van der Waals surface area contributed by atoms with Crippen LogP contribution in [0.25, 0.3) is 10.8 Å². The van der Waals surface area contributed by atoms with Crippen molar-refractivity contribution in [2.75, 3.05) is 36.6 Å². The van der Waals surface area contributed by atoms with E-state index in [0.29, 0.717) is 31.1 Å². The van der Waals surface area contributed by atoms with Gasteiger partial charge in [-0.15, -0.1) is 5.10 Å². The second kappa shape index (κ2) is 10.9. The fourth-order valence-corrected chi connectivity index (χ4v) is 4.02. The number of fused-ring (bicyclic) bond motifs is 1. The van der Waals surface area contributed by atoms with Gasteiger partial charge in [-0.3, -0.25) is 9.17 Å².